The minimum atomic E-state index is -0.734. The minimum Gasteiger partial charge on any atom is -0.348 e. The van der Waals surface area contributed by atoms with Crippen LogP contribution < -0.4 is 11.1 Å². The van der Waals surface area contributed by atoms with Crippen molar-refractivity contribution in [2.45, 2.75) is 44.7 Å². The Kier molecular flexibility index (Phi) is 4.52. The first-order valence-corrected chi connectivity index (χ1v) is 6.91. The predicted molar refractivity (Wildman–Crippen MR) is 75.5 cm³/mol. The molecule has 0 spiro atoms. The zero-order valence-corrected chi connectivity index (χ0v) is 11.8. The average molecular weight is 295 g/mol. The molecule has 6 nitrogen and oxygen atoms in total. The quantitative estimate of drug-likeness (QED) is 0.658. The van der Waals surface area contributed by atoms with Crippen molar-refractivity contribution in [3.05, 3.63) is 39.2 Å². The summed E-state index contributed by atoms with van der Waals surface area (Å²) >= 11 is 0. The highest BCUT2D eigenvalue weighted by atomic mass is 19.1. The molecule has 0 aliphatic heterocycles. The van der Waals surface area contributed by atoms with Crippen LogP contribution in [0.3, 0.4) is 0 Å². The van der Waals surface area contributed by atoms with Crippen LogP contribution in [-0.2, 0) is 0 Å². The molecule has 2 rings (SSSR count). The fraction of sp³-hybridized carbons (Fsp3) is 0.500. The number of carbonyl (C=O) groups is 1. The minimum absolute atomic E-state index is 0.0716. The number of nitrogens with zero attached hydrogens (tertiary/aromatic N) is 1. The average Bonchev–Trinajstić information content (AvgIpc) is 2.43. The highest BCUT2D eigenvalue weighted by Gasteiger charge is 2.26. The van der Waals surface area contributed by atoms with E-state index in [-0.39, 0.29) is 28.9 Å². The van der Waals surface area contributed by atoms with Crippen molar-refractivity contribution in [3.63, 3.8) is 0 Å². The van der Waals surface area contributed by atoms with Gasteiger partial charge in [0, 0.05) is 24.2 Å². The molecule has 1 aliphatic carbocycles. The van der Waals surface area contributed by atoms with E-state index in [0.717, 1.165) is 37.8 Å². The van der Waals surface area contributed by atoms with E-state index in [0.29, 0.717) is 0 Å². The molecular formula is C14H18FN3O3. The summed E-state index contributed by atoms with van der Waals surface area (Å²) in [5, 5.41) is 13.5. The van der Waals surface area contributed by atoms with Gasteiger partial charge in [-0.05, 0) is 25.3 Å². The van der Waals surface area contributed by atoms with Gasteiger partial charge >= 0.3 is 0 Å². The van der Waals surface area contributed by atoms with Gasteiger partial charge in [0.1, 0.15) is 5.82 Å². The second kappa shape index (κ2) is 6.17. The molecule has 1 aromatic rings. The van der Waals surface area contributed by atoms with Crippen LogP contribution in [0.25, 0.3) is 0 Å². The van der Waals surface area contributed by atoms with Gasteiger partial charge in [-0.3, -0.25) is 14.9 Å². The third kappa shape index (κ3) is 3.36. The van der Waals surface area contributed by atoms with Crippen molar-refractivity contribution in [1.82, 2.24) is 5.32 Å². The molecule has 0 heterocycles. The number of hydrogen-bond donors (Lipinski definition) is 2. The Balaban J connectivity index is 2.24. The Morgan fingerprint density at radius 2 is 2.10 bits per heavy atom. The largest absolute Gasteiger partial charge is 0.348 e. The van der Waals surface area contributed by atoms with E-state index in [2.05, 4.69) is 5.32 Å². The van der Waals surface area contributed by atoms with Crippen LogP contribution in [0.4, 0.5) is 10.1 Å². The lowest BCUT2D eigenvalue weighted by Gasteiger charge is -2.29. The molecule has 1 aliphatic rings. The molecule has 2 atom stereocenters. The molecule has 1 saturated carbocycles. The zero-order chi connectivity index (χ0) is 15.6. The highest BCUT2D eigenvalue weighted by Crippen LogP contribution is 2.22. The van der Waals surface area contributed by atoms with Gasteiger partial charge in [-0.15, -0.1) is 0 Å². The van der Waals surface area contributed by atoms with Gasteiger partial charge in [-0.25, -0.2) is 4.39 Å². The van der Waals surface area contributed by atoms with Crippen LogP contribution in [-0.4, -0.2) is 22.9 Å². The molecule has 3 N–H and O–H groups in total. The third-order valence-electron chi connectivity index (χ3n) is 3.83. The molecule has 1 aromatic carbocycles. The van der Waals surface area contributed by atoms with E-state index >= 15 is 0 Å². The number of nitro benzene ring substituents is 1. The van der Waals surface area contributed by atoms with Crippen molar-refractivity contribution in [2.24, 2.45) is 5.73 Å². The fourth-order valence-electron chi connectivity index (χ4n) is 2.61. The van der Waals surface area contributed by atoms with E-state index in [9.17, 15) is 19.3 Å². The number of benzene rings is 1. The Morgan fingerprint density at radius 1 is 1.43 bits per heavy atom. The number of nitrogens with two attached hydrogens (primary N) is 1. The topological polar surface area (TPSA) is 98.3 Å². The maximum Gasteiger partial charge on any atom is 0.270 e. The van der Waals surface area contributed by atoms with E-state index in [1.807, 2.05) is 0 Å². The van der Waals surface area contributed by atoms with Gasteiger partial charge in [-0.2, -0.15) is 0 Å². The molecule has 0 bridgehead atoms. The molecule has 0 radical (unpaired) electrons. The second-order valence-corrected chi connectivity index (χ2v) is 5.41. The summed E-state index contributed by atoms with van der Waals surface area (Å²) in [5.74, 6) is -1.39. The number of carbonyl (C=O) groups excluding carboxylic acids is 1. The summed E-state index contributed by atoms with van der Waals surface area (Å²) in [6, 6.07) is 1.69. The Hall–Kier alpha value is -2.02. The van der Waals surface area contributed by atoms with Crippen LogP contribution in [0.1, 0.15) is 41.6 Å². The summed E-state index contributed by atoms with van der Waals surface area (Å²) < 4.78 is 14.0. The molecule has 7 heteroatoms. The smallest absolute Gasteiger partial charge is 0.270 e. The first kappa shape index (κ1) is 15.4. The number of non-ortho nitro benzene ring substituents is 1. The van der Waals surface area contributed by atoms with Gasteiger partial charge < -0.3 is 11.1 Å². The zero-order valence-electron chi connectivity index (χ0n) is 11.8. The predicted octanol–water partition coefficient (Wildman–Crippen LogP) is 2.04. The summed E-state index contributed by atoms with van der Waals surface area (Å²) in [6.45, 7) is 1.39. The van der Waals surface area contributed by atoms with Gasteiger partial charge in [0.15, 0.2) is 0 Å². The first-order chi connectivity index (χ1) is 9.90. The van der Waals surface area contributed by atoms with E-state index < -0.39 is 16.6 Å². The van der Waals surface area contributed by atoms with Crippen molar-refractivity contribution < 1.29 is 14.1 Å². The first-order valence-electron chi connectivity index (χ1n) is 6.91. The number of nitro groups is 1. The molecule has 0 unspecified atom stereocenters. The number of halogens is 1. The number of amides is 1. The summed E-state index contributed by atoms with van der Waals surface area (Å²) in [6.07, 6.45) is 3.51. The lowest BCUT2D eigenvalue weighted by Crippen LogP contribution is -2.49. The van der Waals surface area contributed by atoms with Crippen LogP contribution in [0, 0.1) is 22.9 Å². The Morgan fingerprint density at radius 3 is 2.71 bits per heavy atom. The maximum absolute atomic E-state index is 14.0. The molecule has 21 heavy (non-hydrogen) atoms. The highest BCUT2D eigenvalue weighted by molar-refractivity contribution is 5.95. The van der Waals surface area contributed by atoms with Crippen molar-refractivity contribution >= 4 is 11.6 Å². The molecule has 114 valence electrons. The summed E-state index contributed by atoms with van der Waals surface area (Å²) in [7, 11) is 0. The Labute approximate surface area is 121 Å². The SMILES string of the molecule is Cc1cc([N+](=O)[O-])cc(C(=O)N[C@@H]2CCCC[C@H]2N)c1F. The van der Waals surface area contributed by atoms with E-state index in [1.165, 1.54) is 6.92 Å². The van der Waals surface area contributed by atoms with Crippen molar-refractivity contribution in [2.75, 3.05) is 0 Å². The summed E-state index contributed by atoms with van der Waals surface area (Å²) in [4.78, 5) is 22.3. The van der Waals surface area contributed by atoms with Crippen LogP contribution in [0.2, 0.25) is 0 Å². The molecule has 0 saturated heterocycles. The van der Waals surface area contributed by atoms with Crippen molar-refractivity contribution in [3.8, 4) is 0 Å². The fourth-order valence-corrected chi connectivity index (χ4v) is 2.61. The third-order valence-corrected chi connectivity index (χ3v) is 3.83. The number of hydrogen-bond acceptors (Lipinski definition) is 4. The number of aryl methyl sites for hydroxylation is 1. The Bertz CT molecular complexity index is 577. The normalized spacial score (nSPS) is 21.9. The second-order valence-electron chi connectivity index (χ2n) is 5.41. The standard InChI is InChI=1S/C14H18FN3O3/c1-8-6-9(18(20)21)7-10(13(8)15)14(19)17-12-5-3-2-4-11(12)16/h6-7,11-12H,2-5,16H2,1H3,(H,17,19)/t11-,12-/m1/s1. The molecule has 1 fully saturated rings. The lowest BCUT2D eigenvalue weighted by molar-refractivity contribution is -0.385. The number of nitrogens with one attached hydrogen (secondary N) is 1. The number of rotatable bonds is 3. The van der Waals surface area contributed by atoms with Crippen LogP contribution in [0.5, 0.6) is 0 Å². The maximum atomic E-state index is 14.0. The molecular weight excluding hydrogens is 277 g/mol. The van der Waals surface area contributed by atoms with Gasteiger partial charge in [0.2, 0.25) is 0 Å². The summed E-state index contributed by atoms with van der Waals surface area (Å²) in [5.41, 5.74) is 5.40. The van der Waals surface area contributed by atoms with Gasteiger partial charge in [0.25, 0.3) is 11.6 Å². The van der Waals surface area contributed by atoms with Crippen LogP contribution in [0.15, 0.2) is 12.1 Å². The lowest BCUT2D eigenvalue weighted by atomic mass is 9.91. The van der Waals surface area contributed by atoms with Gasteiger partial charge in [-0.1, -0.05) is 12.8 Å². The van der Waals surface area contributed by atoms with Crippen molar-refractivity contribution in [1.29, 1.82) is 0 Å². The van der Waals surface area contributed by atoms with Gasteiger partial charge in [0.05, 0.1) is 10.5 Å². The molecule has 0 aromatic heterocycles. The van der Waals surface area contributed by atoms with E-state index in [1.54, 1.807) is 0 Å². The monoisotopic (exact) mass is 295 g/mol. The van der Waals surface area contributed by atoms with Crippen LogP contribution >= 0.6 is 0 Å². The van der Waals surface area contributed by atoms with E-state index in [4.69, 9.17) is 5.73 Å². The molecule has 1 amide bonds.